The molecule has 1 saturated heterocycles. The highest BCUT2D eigenvalue weighted by molar-refractivity contribution is 7.09. The van der Waals surface area contributed by atoms with Crippen molar-refractivity contribution in [3.05, 3.63) is 0 Å². The molecule has 0 radical (unpaired) electrons. The zero-order valence-corrected chi connectivity index (χ0v) is 7.01. The molecule has 0 spiro atoms. The molecule has 62 valence electrons. The fourth-order valence-electron chi connectivity index (χ4n) is 0.980. The molecule has 0 aromatic heterocycles. The summed E-state index contributed by atoms with van der Waals surface area (Å²) >= 11 is 0. The molecule has 3 atom stereocenters. The summed E-state index contributed by atoms with van der Waals surface area (Å²) in [6, 6.07) is 0. The lowest BCUT2D eigenvalue weighted by Crippen LogP contribution is -2.33. The van der Waals surface area contributed by atoms with Gasteiger partial charge in [-0.05, 0) is 0 Å². The van der Waals surface area contributed by atoms with Crippen LogP contribution in [0.1, 0.15) is 12.8 Å². The van der Waals surface area contributed by atoms with Gasteiger partial charge in [-0.15, -0.1) is 0 Å². The van der Waals surface area contributed by atoms with Crippen LogP contribution >= 0.6 is 9.47 Å². The van der Waals surface area contributed by atoms with Gasteiger partial charge in [0.15, 0.2) is 12.4 Å². The van der Waals surface area contributed by atoms with Crippen LogP contribution in [0.15, 0.2) is 0 Å². The molecule has 0 N–H and O–H groups in total. The van der Waals surface area contributed by atoms with Gasteiger partial charge in [-0.1, -0.05) is 0 Å². The van der Waals surface area contributed by atoms with E-state index in [1.807, 2.05) is 0 Å². The Morgan fingerprint density at radius 1 is 1.73 bits per heavy atom. The van der Waals surface area contributed by atoms with Gasteiger partial charge in [0.1, 0.15) is 0 Å². The predicted molar refractivity (Wildman–Crippen MR) is 39.8 cm³/mol. The second kappa shape index (κ2) is 3.79. The highest BCUT2D eigenvalue weighted by atomic mass is 31.0. The maximum absolute atomic E-state index is 10.7. The fraction of sp³-hybridized carbons (Fsp3) is 0.667. The minimum atomic E-state index is -0.623. The average Bonchev–Trinajstić information content (AvgIpc) is 2.03. The molecule has 0 aliphatic carbocycles. The minimum absolute atomic E-state index is 0.198. The first-order valence-electron chi connectivity index (χ1n) is 3.26. The summed E-state index contributed by atoms with van der Waals surface area (Å²) in [7, 11) is 2.08. The molecule has 1 aliphatic rings. The van der Waals surface area contributed by atoms with E-state index in [4.69, 9.17) is 4.52 Å². The second-order valence-electron chi connectivity index (χ2n) is 2.36. The quantitative estimate of drug-likeness (QED) is 0.339. The van der Waals surface area contributed by atoms with Gasteiger partial charge >= 0.3 is 5.97 Å². The molecule has 0 amide bonds. The lowest BCUT2D eigenvalue weighted by molar-refractivity contribution is -0.160. The summed E-state index contributed by atoms with van der Waals surface area (Å²) in [5.74, 6) is -0.374. The van der Waals surface area contributed by atoms with Gasteiger partial charge in [-0.2, -0.15) is 0 Å². The fourth-order valence-corrected chi connectivity index (χ4v) is 1.19. The predicted octanol–water partition coefficient (Wildman–Crippen LogP) is 0.0662. The summed E-state index contributed by atoms with van der Waals surface area (Å²) in [6.45, 7) is 0. The lowest BCUT2D eigenvalue weighted by atomic mass is 10.1. The van der Waals surface area contributed by atoms with E-state index in [2.05, 4.69) is 14.2 Å². The number of aldehydes is 1. The third-order valence-corrected chi connectivity index (χ3v) is 1.90. The Morgan fingerprint density at radius 2 is 2.45 bits per heavy atom. The number of carbonyl (C=O) groups excluding carboxylic acids is 2. The Labute approximate surface area is 66.5 Å². The van der Waals surface area contributed by atoms with Crippen LogP contribution in [0.25, 0.3) is 0 Å². The molecule has 1 heterocycles. The van der Waals surface area contributed by atoms with E-state index in [9.17, 15) is 9.59 Å². The number of esters is 1. The van der Waals surface area contributed by atoms with Crippen molar-refractivity contribution in [3.63, 3.8) is 0 Å². The molecule has 1 fully saturated rings. The number of carbonyl (C=O) groups is 2. The van der Waals surface area contributed by atoms with E-state index < -0.39 is 6.10 Å². The highest BCUT2D eigenvalue weighted by Crippen LogP contribution is 2.18. The smallest absolute Gasteiger partial charge is 0.309 e. The van der Waals surface area contributed by atoms with E-state index in [0.29, 0.717) is 12.7 Å². The van der Waals surface area contributed by atoms with Crippen molar-refractivity contribution in [2.45, 2.75) is 25.0 Å². The van der Waals surface area contributed by atoms with Crippen molar-refractivity contribution in [2.24, 2.45) is 0 Å². The lowest BCUT2D eigenvalue weighted by Gasteiger charge is -2.23. The van der Waals surface area contributed by atoms with E-state index in [1.54, 1.807) is 0 Å². The van der Waals surface area contributed by atoms with Crippen molar-refractivity contribution in [1.29, 1.82) is 0 Å². The summed E-state index contributed by atoms with van der Waals surface area (Å²) in [6.07, 6.45) is 0.485. The van der Waals surface area contributed by atoms with Crippen molar-refractivity contribution in [2.75, 3.05) is 0 Å². The van der Waals surface area contributed by atoms with E-state index in [-0.39, 0.29) is 18.5 Å². The molecule has 0 bridgehead atoms. The van der Waals surface area contributed by atoms with Crippen LogP contribution in [0.2, 0.25) is 0 Å². The summed E-state index contributed by atoms with van der Waals surface area (Å²) < 4.78 is 9.52. The molecule has 1 unspecified atom stereocenters. The third kappa shape index (κ3) is 2.24. The number of cyclic esters (lactones) is 1. The molecular weight excluding hydrogens is 167 g/mol. The summed E-state index contributed by atoms with van der Waals surface area (Å²) in [5, 5.41) is 0. The SMILES string of the molecule is O=C[C@@H]1C[C@@H](OP)CC(=O)O1. The van der Waals surface area contributed by atoms with Gasteiger partial charge in [-0.3, -0.25) is 9.59 Å². The van der Waals surface area contributed by atoms with Crippen LogP contribution in [0.3, 0.4) is 0 Å². The molecule has 11 heavy (non-hydrogen) atoms. The van der Waals surface area contributed by atoms with Gasteiger partial charge in [0.2, 0.25) is 0 Å². The van der Waals surface area contributed by atoms with Crippen LogP contribution < -0.4 is 0 Å². The van der Waals surface area contributed by atoms with Crippen LogP contribution in [-0.4, -0.2) is 24.5 Å². The molecule has 1 rings (SSSR count). The van der Waals surface area contributed by atoms with E-state index in [0.717, 1.165) is 0 Å². The first-order valence-corrected chi connectivity index (χ1v) is 3.73. The second-order valence-corrected chi connectivity index (χ2v) is 2.63. The molecule has 4 nitrogen and oxygen atoms in total. The van der Waals surface area contributed by atoms with Crippen LogP contribution in [-0.2, 0) is 18.8 Å². The van der Waals surface area contributed by atoms with E-state index in [1.165, 1.54) is 0 Å². The van der Waals surface area contributed by atoms with Crippen LogP contribution in [0, 0.1) is 0 Å². The van der Waals surface area contributed by atoms with Gasteiger partial charge in [0.05, 0.1) is 12.5 Å². The Morgan fingerprint density at radius 3 is 3.00 bits per heavy atom. The molecule has 0 saturated carbocycles. The van der Waals surface area contributed by atoms with Crippen molar-refractivity contribution < 1.29 is 18.8 Å². The molecule has 0 aromatic rings. The topological polar surface area (TPSA) is 52.6 Å². The minimum Gasteiger partial charge on any atom is -0.454 e. The third-order valence-electron chi connectivity index (χ3n) is 1.52. The first-order chi connectivity index (χ1) is 5.26. The zero-order chi connectivity index (χ0) is 8.27. The Hall–Kier alpha value is -0.470. The van der Waals surface area contributed by atoms with Crippen molar-refractivity contribution in [1.82, 2.24) is 0 Å². The Balaban J connectivity index is 2.50. The maximum Gasteiger partial charge on any atom is 0.309 e. The van der Waals surface area contributed by atoms with E-state index >= 15 is 0 Å². The van der Waals surface area contributed by atoms with Crippen LogP contribution in [0.4, 0.5) is 0 Å². The van der Waals surface area contributed by atoms with Gasteiger partial charge in [0, 0.05) is 15.9 Å². The van der Waals surface area contributed by atoms with Gasteiger partial charge in [-0.25, -0.2) is 0 Å². The number of hydrogen-bond donors (Lipinski definition) is 0. The van der Waals surface area contributed by atoms with Crippen molar-refractivity contribution >= 4 is 21.7 Å². The van der Waals surface area contributed by atoms with Gasteiger partial charge in [0.25, 0.3) is 0 Å². The molecule has 0 aromatic carbocycles. The standard InChI is InChI=1S/C6H9O4P/c7-3-5-1-4(10-11)2-6(8)9-5/h3-5H,1-2,11H2/t4-,5+/m1/s1. The Bertz CT molecular complexity index is 170. The summed E-state index contributed by atoms with van der Waals surface area (Å²) in [4.78, 5) is 21.0. The van der Waals surface area contributed by atoms with Gasteiger partial charge < -0.3 is 9.26 Å². The zero-order valence-electron chi connectivity index (χ0n) is 5.86. The molecular formula is C6H9O4P. The molecule has 1 aliphatic heterocycles. The summed E-state index contributed by atoms with van der Waals surface area (Å²) in [5.41, 5.74) is 0. The number of ether oxygens (including phenoxy) is 1. The highest BCUT2D eigenvalue weighted by Gasteiger charge is 2.27. The first kappa shape index (κ1) is 8.62. The average molecular weight is 176 g/mol. The maximum atomic E-state index is 10.7. The molecule has 5 heteroatoms. The van der Waals surface area contributed by atoms with Crippen LogP contribution in [0.5, 0.6) is 0 Å². The monoisotopic (exact) mass is 176 g/mol. The number of rotatable bonds is 2. The normalized spacial score (nSPS) is 31.2. The Kier molecular flexibility index (Phi) is 2.97. The van der Waals surface area contributed by atoms with Crippen molar-refractivity contribution in [3.8, 4) is 0 Å². The largest absolute Gasteiger partial charge is 0.454 e. The number of hydrogen-bond acceptors (Lipinski definition) is 4.